The molecule has 0 bridgehead atoms. The standard InChI is InChI=1S/C28H27ClN4O2S2/c1-3-18(2)30-23(34)16-32-24(35)17-37-27(22-14-9-15-36-22)25-26(19-10-5-4-6-11-19)31-33(28(25)32)21-13-8-7-12-20(21)29/h4-15,18,27H,3,16-17H2,1-2H3,(H,30,34)/t18-,27+/m1/s1. The normalized spacial score (nSPS) is 16.2. The van der Waals surface area contributed by atoms with E-state index in [9.17, 15) is 9.59 Å². The maximum Gasteiger partial charge on any atom is 0.240 e. The second-order valence-corrected chi connectivity index (χ2v) is 11.4. The Kier molecular flexibility index (Phi) is 7.69. The molecular weight excluding hydrogens is 524 g/mol. The fraction of sp³-hybridized carbons (Fsp3) is 0.250. The Hall–Kier alpha value is -3.07. The van der Waals surface area contributed by atoms with E-state index in [1.807, 2.05) is 73.8 Å². The zero-order valence-corrected chi connectivity index (χ0v) is 22.9. The van der Waals surface area contributed by atoms with Gasteiger partial charge in [-0.2, -0.15) is 5.10 Å². The van der Waals surface area contributed by atoms with Gasteiger partial charge in [0.15, 0.2) is 0 Å². The van der Waals surface area contributed by atoms with Crippen LogP contribution in [0.2, 0.25) is 5.02 Å². The van der Waals surface area contributed by atoms with Crippen LogP contribution in [0.25, 0.3) is 16.9 Å². The molecule has 1 aliphatic heterocycles. The van der Waals surface area contributed by atoms with Gasteiger partial charge in [-0.25, -0.2) is 4.68 Å². The number of rotatable bonds is 7. The predicted molar refractivity (Wildman–Crippen MR) is 153 cm³/mol. The first-order valence-corrected chi connectivity index (χ1v) is 14.5. The van der Waals surface area contributed by atoms with Crippen LogP contribution in [-0.4, -0.2) is 39.9 Å². The first-order valence-electron chi connectivity index (χ1n) is 12.2. The second-order valence-electron chi connectivity index (χ2n) is 8.88. The zero-order chi connectivity index (χ0) is 25.9. The molecule has 1 N–H and O–H groups in total. The van der Waals surface area contributed by atoms with Crippen LogP contribution in [0.1, 0.15) is 36.0 Å². The van der Waals surface area contributed by atoms with Gasteiger partial charge in [-0.1, -0.05) is 67.1 Å². The molecule has 0 fully saturated rings. The van der Waals surface area contributed by atoms with Crippen LogP contribution in [0, 0.1) is 0 Å². The smallest absolute Gasteiger partial charge is 0.240 e. The van der Waals surface area contributed by atoms with Crippen LogP contribution in [0.4, 0.5) is 5.82 Å². The maximum absolute atomic E-state index is 13.7. The van der Waals surface area contributed by atoms with E-state index < -0.39 is 0 Å². The minimum atomic E-state index is -0.207. The number of nitrogens with zero attached hydrogens (tertiary/aromatic N) is 3. The number of halogens is 1. The summed E-state index contributed by atoms with van der Waals surface area (Å²) in [6.45, 7) is 3.87. The Morgan fingerprint density at radius 2 is 1.89 bits per heavy atom. The third-order valence-corrected chi connectivity index (χ3v) is 8.98. The molecule has 6 nitrogen and oxygen atoms in total. The van der Waals surface area contributed by atoms with Crippen molar-refractivity contribution >= 4 is 52.3 Å². The van der Waals surface area contributed by atoms with Crippen molar-refractivity contribution in [2.45, 2.75) is 31.6 Å². The number of thiophene rings is 1. The molecule has 1 aliphatic rings. The van der Waals surface area contributed by atoms with E-state index in [4.69, 9.17) is 16.7 Å². The van der Waals surface area contributed by atoms with E-state index >= 15 is 0 Å². The number of para-hydroxylation sites is 1. The summed E-state index contributed by atoms with van der Waals surface area (Å²) >= 11 is 9.88. The number of hydrogen-bond acceptors (Lipinski definition) is 5. The van der Waals surface area contributed by atoms with Gasteiger partial charge in [0.2, 0.25) is 11.8 Å². The number of fused-ring (bicyclic) bond motifs is 1. The Bertz CT molecular complexity index is 1410. The van der Waals surface area contributed by atoms with Crippen molar-refractivity contribution in [2.24, 2.45) is 0 Å². The molecule has 4 aromatic rings. The second kappa shape index (κ2) is 11.1. The zero-order valence-electron chi connectivity index (χ0n) is 20.6. The van der Waals surface area contributed by atoms with Crippen molar-refractivity contribution in [1.29, 1.82) is 0 Å². The number of carbonyl (C=O) groups excluding carboxylic acids is 2. The molecule has 190 valence electrons. The summed E-state index contributed by atoms with van der Waals surface area (Å²) in [4.78, 5) is 29.4. The molecule has 37 heavy (non-hydrogen) atoms. The minimum absolute atomic E-state index is 0.00986. The van der Waals surface area contributed by atoms with Gasteiger partial charge in [-0.15, -0.1) is 23.1 Å². The first-order chi connectivity index (χ1) is 18.0. The molecule has 0 unspecified atom stereocenters. The van der Waals surface area contributed by atoms with Crippen LogP contribution in [0.5, 0.6) is 0 Å². The SMILES string of the molecule is CC[C@@H](C)NC(=O)CN1C(=O)CS[C@@H](c2cccs2)c2c(-c3ccccc3)nn(-c3ccccc3Cl)c21. The molecule has 0 aliphatic carbocycles. The highest BCUT2D eigenvalue weighted by Crippen LogP contribution is 2.49. The summed E-state index contributed by atoms with van der Waals surface area (Å²) in [7, 11) is 0. The molecule has 9 heteroatoms. The summed E-state index contributed by atoms with van der Waals surface area (Å²) in [5.41, 5.74) is 3.26. The molecule has 0 spiro atoms. The number of hydrogen-bond donors (Lipinski definition) is 1. The Balaban J connectivity index is 1.77. The lowest BCUT2D eigenvalue weighted by Gasteiger charge is -2.24. The number of benzene rings is 2. The molecule has 0 saturated heterocycles. The van der Waals surface area contributed by atoms with Gasteiger partial charge in [0, 0.05) is 22.0 Å². The fourth-order valence-electron chi connectivity index (χ4n) is 4.35. The highest BCUT2D eigenvalue weighted by atomic mass is 35.5. The fourth-order valence-corrected chi connectivity index (χ4v) is 6.74. The quantitative estimate of drug-likeness (QED) is 0.291. The van der Waals surface area contributed by atoms with E-state index in [2.05, 4.69) is 11.4 Å². The number of thioether (sulfide) groups is 1. The number of carbonyl (C=O) groups is 2. The Labute approximate surface area is 229 Å². The maximum atomic E-state index is 13.7. The number of aromatic nitrogens is 2. The van der Waals surface area contributed by atoms with Crippen LogP contribution >= 0.6 is 34.7 Å². The summed E-state index contributed by atoms with van der Waals surface area (Å²) in [5, 5.41) is 10.5. The van der Waals surface area contributed by atoms with E-state index in [1.54, 1.807) is 38.7 Å². The van der Waals surface area contributed by atoms with Crippen LogP contribution in [-0.2, 0) is 9.59 Å². The highest BCUT2D eigenvalue weighted by Gasteiger charge is 2.38. The minimum Gasteiger partial charge on any atom is -0.352 e. The van der Waals surface area contributed by atoms with Crippen LogP contribution < -0.4 is 10.2 Å². The average molecular weight is 551 g/mol. The van der Waals surface area contributed by atoms with Crippen molar-refractivity contribution in [3.8, 4) is 16.9 Å². The third-order valence-electron chi connectivity index (χ3n) is 6.34. The van der Waals surface area contributed by atoms with Gasteiger partial charge < -0.3 is 5.32 Å². The van der Waals surface area contributed by atoms with Crippen molar-refractivity contribution in [3.63, 3.8) is 0 Å². The molecule has 3 heterocycles. The van der Waals surface area contributed by atoms with Gasteiger partial charge in [0.1, 0.15) is 12.4 Å². The molecule has 2 amide bonds. The summed E-state index contributed by atoms with van der Waals surface area (Å²) in [6.07, 6.45) is 0.803. The van der Waals surface area contributed by atoms with Gasteiger partial charge in [0.05, 0.1) is 27.4 Å². The highest BCUT2D eigenvalue weighted by molar-refractivity contribution is 8.00. The van der Waals surface area contributed by atoms with E-state index in [-0.39, 0.29) is 35.4 Å². The first kappa shape index (κ1) is 25.6. The van der Waals surface area contributed by atoms with Gasteiger partial charge >= 0.3 is 0 Å². The largest absolute Gasteiger partial charge is 0.352 e. The van der Waals surface area contributed by atoms with Crippen LogP contribution in [0.15, 0.2) is 72.1 Å². The molecule has 0 radical (unpaired) electrons. The Morgan fingerprint density at radius 1 is 1.14 bits per heavy atom. The topological polar surface area (TPSA) is 67.2 Å². The van der Waals surface area contributed by atoms with Gasteiger partial charge in [-0.05, 0) is 36.9 Å². The lowest BCUT2D eigenvalue weighted by Crippen LogP contribution is -2.44. The monoisotopic (exact) mass is 550 g/mol. The third kappa shape index (κ3) is 5.19. The lowest BCUT2D eigenvalue weighted by atomic mass is 10.0. The molecule has 2 aromatic carbocycles. The van der Waals surface area contributed by atoms with Crippen molar-refractivity contribution in [3.05, 3.63) is 87.6 Å². The summed E-state index contributed by atoms with van der Waals surface area (Å²) in [6, 6.07) is 21.5. The summed E-state index contributed by atoms with van der Waals surface area (Å²) in [5.74, 6) is 0.475. The van der Waals surface area contributed by atoms with Crippen molar-refractivity contribution in [2.75, 3.05) is 17.2 Å². The molecule has 5 rings (SSSR count). The van der Waals surface area contributed by atoms with Gasteiger partial charge in [0.25, 0.3) is 0 Å². The molecular formula is C28H27ClN4O2S2. The van der Waals surface area contributed by atoms with Crippen molar-refractivity contribution < 1.29 is 9.59 Å². The number of nitrogens with one attached hydrogen (secondary N) is 1. The molecule has 0 saturated carbocycles. The average Bonchev–Trinajstić information content (AvgIpc) is 3.55. The van der Waals surface area contributed by atoms with E-state index in [1.165, 1.54) is 0 Å². The number of anilines is 1. The predicted octanol–water partition coefficient (Wildman–Crippen LogP) is 6.34. The number of amides is 2. The van der Waals surface area contributed by atoms with E-state index in [0.717, 1.165) is 28.1 Å². The van der Waals surface area contributed by atoms with Crippen molar-refractivity contribution in [1.82, 2.24) is 15.1 Å². The van der Waals surface area contributed by atoms with Gasteiger partial charge in [-0.3, -0.25) is 14.5 Å². The van der Waals surface area contributed by atoms with E-state index in [0.29, 0.717) is 16.5 Å². The molecule has 2 atom stereocenters. The summed E-state index contributed by atoms with van der Waals surface area (Å²) < 4.78 is 1.74. The van der Waals surface area contributed by atoms with Crippen LogP contribution in [0.3, 0.4) is 0 Å². The lowest BCUT2D eigenvalue weighted by molar-refractivity contribution is -0.123. The Morgan fingerprint density at radius 3 is 2.59 bits per heavy atom. The molecule has 2 aromatic heterocycles.